The van der Waals surface area contributed by atoms with Gasteiger partial charge < -0.3 is 20.3 Å². The Morgan fingerprint density at radius 1 is 1.15 bits per heavy atom. The van der Waals surface area contributed by atoms with Gasteiger partial charge in [-0.1, -0.05) is 29.8 Å². The van der Waals surface area contributed by atoms with E-state index in [1.54, 1.807) is 0 Å². The summed E-state index contributed by atoms with van der Waals surface area (Å²) in [4.78, 5) is 14.7. The van der Waals surface area contributed by atoms with Crippen LogP contribution >= 0.6 is 11.6 Å². The maximum absolute atomic E-state index is 12.4. The van der Waals surface area contributed by atoms with Crippen molar-refractivity contribution in [1.82, 2.24) is 0 Å². The average Bonchev–Trinajstić information content (AvgIpc) is 2.64. The molecule has 3 rings (SSSR count). The molecule has 2 N–H and O–H groups in total. The molecule has 1 aliphatic heterocycles. The zero-order valence-electron chi connectivity index (χ0n) is 15.1. The number of benzene rings is 2. The van der Waals surface area contributed by atoms with E-state index in [0.29, 0.717) is 18.2 Å². The van der Waals surface area contributed by atoms with Crippen molar-refractivity contribution in [3.63, 3.8) is 0 Å². The second kappa shape index (κ2) is 8.43. The standard InChI is InChI=1S/C20H24ClN3O2/c1-14-4-3-5-15(2)20(14)23-19(25)13-22-17-12-16(21)6-7-18(17)24-8-10-26-11-9-24/h3-7,12,22H,8-11,13H2,1-2H3,(H,23,25). The highest BCUT2D eigenvalue weighted by atomic mass is 35.5. The fourth-order valence-corrected chi connectivity index (χ4v) is 3.27. The molecule has 1 aliphatic rings. The third kappa shape index (κ3) is 4.48. The quantitative estimate of drug-likeness (QED) is 0.836. The predicted molar refractivity (Wildman–Crippen MR) is 108 cm³/mol. The Hall–Kier alpha value is -2.24. The number of rotatable bonds is 5. The van der Waals surface area contributed by atoms with Crippen molar-refractivity contribution in [2.75, 3.05) is 48.4 Å². The monoisotopic (exact) mass is 373 g/mol. The van der Waals surface area contributed by atoms with Crippen molar-refractivity contribution >= 4 is 34.6 Å². The van der Waals surface area contributed by atoms with Crippen molar-refractivity contribution in [1.29, 1.82) is 0 Å². The molecule has 26 heavy (non-hydrogen) atoms. The van der Waals surface area contributed by atoms with E-state index >= 15 is 0 Å². The van der Waals surface area contributed by atoms with Crippen LogP contribution in [0.25, 0.3) is 0 Å². The van der Waals surface area contributed by atoms with Crippen molar-refractivity contribution in [2.45, 2.75) is 13.8 Å². The lowest BCUT2D eigenvalue weighted by atomic mass is 10.1. The number of carbonyl (C=O) groups is 1. The normalized spacial score (nSPS) is 14.2. The Morgan fingerprint density at radius 3 is 2.54 bits per heavy atom. The number of halogens is 1. The van der Waals surface area contributed by atoms with Gasteiger partial charge in [0.2, 0.25) is 5.91 Å². The summed E-state index contributed by atoms with van der Waals surface area (Å²) in [6.07, 6.45) is 0. The van der Waals surface area contributed by atoms with Crippen molar-refractivity contribution < 1.29 is 9.53 Å². The largest absolute Gasteiger partial charge is 0.378 e. The number of hydrogen-bond donors (Lipinski definition) is 2. The number of ether oxygens (including phenoxy) is 1. The fraction of sp³-hybridized carbons (Fsp3) is 0.350. The molecule has 5 nitrogen and oxygen atoms in total. The zero-order chi connectivity index (χ0) is 18.5. The van der Waals surface area contributed by atoms with Crippen LogP contribution in [0.5, 0.6) is 0 Å². The minimum atomic E-state index is -0.0877. The van der Waals surface area contributed by atoms with E-state index in [-0.39, 0.29) is 12.5 Å². The minimum Gasteiger partial charge on any atom is -0.378 e. The van der Waals surface area contributed by atoms with Gasteiger partial charge in [-0.3, -0.25) is 4.79 Å². The maximum Gasteiger partial charge on any atom is 0.243 e. The van der Waals surface area contributed by atoms with E-state index in [9.17, 15) is 4.79 Å². The molecular formula is C20H24ClN3O2. The van der Waals surface area contributed by atoms with Crippen LogP contribution in [-0.4, -0.2) is 38.8 Å². The Bertz CT molecular complexity index is 768. The molecule has 2 aromatic rings. The van der Waals surface area contributed by atoms with Crippen molar-refractivity contribution in [3.05, 3.63) is 52.5 Å². The lowest BCUT2D eigenvalue weighted by Crippen LogP contribution is -2.36. The number of hydrogen-bond acceptors (Lipinski definition) is 4. The lowest BCUT2D eigenvalue weighted by Gasteiger charge is -2.30. The van der Waals surface area contributed by atoms with E-state index in [2.05, 4.69) is 15.5 Å². The molecule has 1 fully saturated rings. The van der Waals surface area contributed by atoms with Crippen LogP contribution in [0.3, 0.4) is 0 Å². The van der Waals surface area contributed by atoms with E-state index in [0.717, 1.165) is 41.3 Å². The summed E-state index contributed by atoms with van der Waals surface area (Å²) in [7, 11) is 0. The van der Waals surface area contributed by atoms with E-state index in [1.807, 2.05) is 50.2 Å². The molecule has 138 valence electrons. The number of nitrogens with zero attached hydrogens (tertiary/aromatic N) is 1. The van der Waals surface area contributed by atoms with Gasteiger partial charge in [0.15, 0.2) is 0 Å². The molecule has 2 aromatic carbocycles. The van der Waals surface area contributed by atoms with Gasteiger partial charge in [-0.2, -0.15) is 0 Å². The summed E-state index contributed by atoms with van der Waals surface area (Å²) in [5, 5.41) is 6.86. The van der Waals surface area contributed by atoms with Crippen molar-refractivity contribution in [3.8, 4) is 0 Å². The van der Waals surface area contributed by atoms with Gasteiger partial charge in [0.1, 0.15) is 0 Å². The second-order valence-corrected chi connectivity index (χ2v) is 6.87. The summed E-state index contributed by atoms with van der Waals surface area (Å²) in [6, 6.07) is 11.7. The number of amides is 1. The Balaban J connectivity index is 1.69. The summed E-state index contributed by atoms with van der Waals surface area (Å²) >= 11 is 6.16. The number of para-hydroxylation sites is 1. The van der Waals surface area contributed by atoms with Crippen LogP contribution < -0.4 is 15.5 Å². The molecule has 0 aromatic heterocycles. The Kier molecular flexibility index (Phi) is 6.01. The minimum absolute atomic E-state index is 0.0877. The highest BCUT2D eigenvalue weighted by molar-refractivity contribution is 6.31. The predicted octanol–water partition coefficient (Wildman–Crippen LogP) is 3.84. The molecule has 0 radical (unpaired) electrons. The first-order valence-electron chi connectivity index (χ1n) is 8.77. The molecule has 0 saturated carbocycles. The van der Waals surface area contributed by atoms with Gasteiger partial charge in [-0.15, -0.1) is 0 Å². The first kappa shape index (κ1) is 18.5. The third-order valence-corrected chi connectivity index (χ3v) is 4.73. The molecule has 1 saturated heterocycles. The second-order valence-electron chi connectivity index (χ2n) is 6.43. The van der Waals surface area contributed by atoms with E-state index < -0.39 is 0 Å². The highest BCUT2D eigenvalue weighted by Gasteiger charge is 2.16. The summed E-state index contributed by atoms with van der Waals surface area (Å²) in [6.45, 7) is 7.21. The number of anilines is 3. The maximum atomic E-state index is 12.4. The molecule has 0 atom stereocenters. The zero-order valence-corrected chi connectivity index (χ0v) is 15.9. The first-order valence-corrected chi connectivity index (χ1v) is 9.14. The van der Waals surface area contributed by atoms with Crippen LogP contribution in [0.2, 0.25) is 5.02 Å². The molecular weight excluding hydrogens is 350 g/mol. The number of nitrogens with one attached hydrogen (secondary N) is 2. The molecule has 6 heteroatoms. The topological polar surface area (TPSA) is 53.6 Å². The molecule has 0 bridgehead atoms. The van der Waals surface area contributed by atoms with Gasteiger partial charge >= 0.3 is 0 Å². The molecule has 0 aliphatic carbocycles. The van der Waals surface area contributed by atoms with E-state index in [4.69, 9.17) is 16.3 Å². The van der Waals surface area contributed by atoms with Crippen LogP contribution in [0.4, 0.5) is 17.1 Å². The van der Waals surface area contributed by atoms with Gasteiger partial charge in [0, 0.05) is 23.8 Å². The summed E-state index contributed by atoms with van der Waals surface area (Å²) in [5.41, 5.74) is 4.87. The summed E-state index contributed by atoms with van der Waals surface area (Å²) in [5.74, 6) is -0.0877. The highest BCUT2D eigenvalue weighted by Crippen LogP contribution is 2.29. The van der Waals surface area contributed by atoms with Gasteiger partial charge in [0.25, 0.3) is 0 Å². The number of aryl methyl sites for hydroxylation is 2. The summed E-state index contributed by atoms with van der Waals surface area (Å²) < 4.78 is 5.42. The Morgan fingerprint density at radius 2 is 1.85 bits per heavy atom. The average molecular weight is 374 g/mol. The SMILES string of the molecule is Cc1cccc(C)c1NC(=O)CNc1cc(Cl)ccc1N1CCOCC1. The van der Waals surface area contributed by atoms with Gasteiger partial charge in [0.05, 0.1) is 31.1 Å². The van der Waals surface area contributed by atoms with Crippen LogP contribution in [0, 0.1) is 13.8 Å². The van der Waals surface area contributed by atoms with Crippen molar-refractivity contribution in [2.24, 2.45) is 0 Å². The third-order valence-electron chi connectivity index (χ3n) is 4.50. The fourth-order valence-electron chi connectivity index (χ4n) is 3.10. The smallest absolute Gasteiger partial charge is 0.243 e. The number of carbonyl (C=O) groups excluding carboxylic acids is 1. The lowest BCUT2D eigenvalue weighted by molar-refractivity contribution is -0.114. The van der Waals surface area contributed by atoms with Gasteiger partial charge in [-0.25, -0.2) is 0 Å². The molecule has 1 heterocycles. The molecule has 1 amide bonds. The van der Waals surface area contributed by atoms with Crippen LogP contribution in [-0.2, 0) is 9.53 Å². The first-order chi connectivity index (χ1) is 12.5. The van der Waals surface area contributed by atoms with E-state index in [1.165, 1.54) is 0 Å². The van der Waals surface area contributed by atoms with Crippen LogP contribution in [0.15, 0.2) is 36.4 Å². The number of morpholine rings is 1. The molecule has 0 unspecified atom stereocenters. The Labute approximate surface area is 159 Å². The van der Waals surface area contributed by atoms with Gasteiger partial charge in [-0.05, 0) is 43.2 Å². The van der Waals surface area contributed by atoms with Crippen LogP contribution in [0.1, 0.15) is 11.1 Å². The molecule has 0 spiro atoms.